The van der Waals surface area contributed by atoms with Gasteiger partial charge in [-0.05, 0) is 18.2 Å². The molecule has 0 aromatic heterocycles. The first-order chi connectivity index (χ1) is 8.28. The first-order valence-electron chi connectivity index (χ1n) is 4.87. The van der Waals surface area contributed by atoms with Crippen LogP contribution in [0.2, 0.25) is 5.02 Å². The van der Waals surface area contributed by atoms with E-state index in [-0.39, 0.29) is 15.8 Å². The maximum atomic E-state index is 12.0. The standard InChI is InChI=1S/C10H12Cl2N2O3S/c1-14(2)18(16,17)9-5-7(3-4-8(9)12)13-10(15)6-11/h3-5H,6H2,1-2H3,(H,13,15). The van der Waals surface area contributed by atoms with E-state index in [1.165, 1.54) is 32.3 Å². The number of benzene rings is 1. The summed E-state index contributed by atoms with van der Waals surface area (Å²) in [4.78, 5) is 11.1. The van der Waals surface area contributed by atoms with Crippen molar-refractivity contribution in [2.75, 3.05) is 25.3 Å². The molecular weight excluding hydrogens is 299 g/mol. The van der Waals surface area contributed by atoms with Gasteiger partial charge in [0.1, 0.15) is 10.8 Å². The van der Waals surface area contributed by atoms with Crippen molar-refractivity contribution in [1.82, 2.24) is 4.31 Å². The van der Waals surface area contributed by atoms with E-state index >= 15 is 0 Å². The highest BCUT2D eigenvalue weighted by molar-refractivity contribution is 7.89. The van der Waals surface area contributed by atoms with Crippen LogP contribution in [0.3, 0.4) is 0 Å². The van der Waals surface area contributed by atoms with Crippen LogP contribution in [0.5, 0.6) is 0 Å². The van der Waals surface area contributed by atoms with Gasteiger partial charge in [0.15, 0.2) is 0 Å². The highest BCUT2D eigenvalue weighted by atomic mass is 35.5. The van der Waals surface area contributed by atoms with E-state index in [9.17, 15) is 13.2 Å². The molecule has 8 heteroatoms. The fraction of sp³-hybridized carbons (Fsp3) is 0.300. The molecule has 5 nitrogen and oxygen atoms in total. The van der Waals surface area contributed by atoms with Gasteiger partial charge in [0.2, 0.25) is 15.9 Å². The fourth-order valence-electron chi connectivity index (χ4n) is 1.17. The number of nitrogens with one attached hydrogen (secondary N) is 1. The summed E-state index contributed by atoms with van der Waals surface area (Å²) in [6.07, 6.45) is 0. The van der Waals surface area contributed by atoms with E-state index in [4.69, 9.17) is 23.2 Å². The van der Waals surface area contributed by atoms with Gasteiger partial charge in [-0.25, -0.2) is 12.7 Å². The molecule has 0 radical (unpaired) electrons. The number of hydrogen-bond donors (Lipinski definition) is 1. The molecule has 0 aliphatic carbocycles. The quantitative estimate of drug-likeness (QED) is 0.862. The zero-order chi connectivity index (χ0) is 13.9. The molecule has 0 unspecified atom stereocenters. The van der Waals surface area contributed by atoms with Crippen molar-refractivity contribution in [3.8, 4) is 0 Å². The van der Waals surface area contributed by atoms with Crippen LogP contribution in [0.25, 0.3) is 0 Å². The van der Waals surface area contributed by atoms with Gasteiger partial charge in [-0.2, -0.15) is 0 Å². The average molecular weight is 311 g/mol. The zero-order valence-electron chi connectivity index (χ0n) is 9.78. The minimum Gasteiger partial charge on any atom is -0.325 e. The van der Waals surface area contributed by atoms with Crippen LogP contribution in [0.1, 0.15) is 0 Å². The van der Waals surface area contributed by atoms with E-state index in [0.29, 0.717) is 5.69 Å². The number of rotatable bonds is 4. The molecule has 1 aromatic rings. The Morgan fingerprint density at radius 3 is 2.50 bits per heavy atom. The second-order valence-electron chi connectivity index (χ2n) is 3.61. The number of amides is 1. The van der Waals surface area contributed by atoms with Crippen molar-refractivity contribution in [1.29, 1.82) is 0 Å². The van der Waals surface area contributed by atoms with Gasteiger partial charge in [0.05, 0.1) is 5.02 Å². The van der Waals surface area contributed by atoms with Crippen molar-refractivity contribution >= 4 is 44.8 Å². The summed E-state index contributed by atoms with van der Waals surface area (Å²) in [6.45, 7) is 0. The van der Waals surface area contributed by atoms with E-state index in [1.807, 2.05) is 0 Å². The van der Waals surface area contributed by atoms with E-state index in [2.05, 4.69) is 5.32 Å². The van der Waals surface area contributed by atoms with Gasteiger partial charge >= 0.3 is 0 Å². The molecule has 1 aromatic carbocycles. The summed E-state index contributed by atoms with van der Waals surface area (Å²) in [5.41, 5.74) is 0.325. The first-order valence-corrected chi connectivity index (χ1v) is 7.22. The van der Waals surface area contributed by atoms with Crippen LogP contribution in [-0.4, -0.2) is 38.6 Å². The van der Waals surface area contributed by atoms with Crippen molar-refractivity contribution in [2.24, 2.45) is 0 Å². The van der Waals surface area contributed by atoms with Crippen LogP contribution >= 0.6 is 23.2 Å². The molecule has 1 amide bonds. The molecule has 0 atom stereocenters. The average Bonchev–Trinajstić information content (AvgIpc) is 2.31. The van der Waals surface area contributed by atoms with Crippen LogP contribution < -0.4 is 5.32 Å². The molecular formula is C10H12Cl2N2O3S. The van der Waals surface area contributed by atoms with Gasteiger partial charge in [0.25, 0.3) is 0 Å². The molecule has 18 heavy (non-hydrogen) atoms. The fourth-order valence-corrected chi connectivity index (χ4v) is 2.63. The SMILES string of the molecule is CN(C)S(=O)(=O)c1cc(NC(=O)CCl)ccc1Cl. The summed E-state index contributed by atoms with van der Waals surface area (Å²) >= 11 is 11.2. The van der Waals surface area contributed by atoms with E-state index in [1.54, 1.807) is 0 Å². The second kappa shape index (κ2) is 5.88. The maximum absolute atomic E-state index is 12.0. The second-order valence-corrected chi connectivity index (χ2v) is 6.41. The molecule has 0 saturated carbocycles. The molecule has 0 aliphatic heterocycles. The molecule has 0 heterocycles. The van der Waals surface area contributed by atoms with Crippen LogP contribution in [0.15, 0.2) is 23.1 Å². The topological polar surface area (TPSA) is 66.5 Å². The third-order valence-electron chi connectivity index (χ3n) is 2.09. The minimum atomic E-state index is -3.66. The number of carbonyl (C=O) groups excluding carboxylic acids is 1. The van der Waals surface area contributed by atoms with E-state index < -0.39 is 15.9 Å². The summed E-state index contributed by atoms with van der Waals surface area (Å²) in [5, 5.41) is 2.55. The largest absolute Gasteiger partial charge is 0.325 e. The van der Waals surface area contributed by atoms with Gasteiger partial charge < -0.3 is 5.32 Å². The number of sulfonamides is 1. The highest BCUT2D eigenvalue weighted by Crippen LogP contribution is 2.26. The Morgan fingerprint density at radius 1 is 1.39 bits per heavy atom. The molecule has 100 valence electrons. The van der Waals surface area contributed by atoms with Crippen LogP contribution in [0, 0.1) is 0 Å². The summed E-state index contributed by atoms with van der Waals surface area (Å²) in [6, 6.07) is 4.20. The Bertz CT molecular complexity index is 558. The lowest BCUT2D eigenvalue weighted by Gasteiger charge is -2.14. The Morgan fingerprint density at radius 2 is 2.00 bits per heavy atom. The van der Waals surface area contributed by atoms with Crippen molar-refractivity contribution < 1.29 is 13.2 Å². The number of alkyl halides is 1. The smallest absolute Gasteiger partial charge is 0.244 e. The van der Waals surface area contributed by atoms with Gasteiger partial charge in [-0.3, -0.25) is 4.79 Å². The van der Waals surface area contributed by atoms with Crippen molar-refractivity contribution in [3.63, 3.8) is 0 Å². The van der Waals surface area contributed by atoms with E-state index in [0.717, 1.165) is 4.31 Å². The number of hydrogen-bond acceptors (Lipinski definition) is 3. The minimum absolute atomic E-state index is 0.0680. The lowest BCUT2D eigenvalue weighted by atomic mass is 10.3. The Hall–Kier alpha value is -0.820. The lowest BCUT2D eigenvalue weighted by molar-refractivity contribution is -0.113. The molecule has 0 fully saturated rings. The molecule has 0 aliphatic rings. The van der Waals surface area contributed by atoms with Crippen molar-refractivity contribution in [3.05, 3.63) is 23.2 Å². The predicted octanol–water partition coefficient (Wildman–Crippen LogP) is 1.77. The van der Waals surface area contributed by atoms with Gasteiger partial charge in [-0.1, -0.05) is 11.6 Å². The van der Waals surface area contributed by atoms with Gasteiger partial charge in [-0.15, -0.1) is 11.6 Å². The molecule has 0 saturated heterocycles. The Kier molecular flexibility index (Phi) is 4.98. The maximum Gasteiger partial charge on any atom is 0.244 e. The lowest BCUT2D eigenvalue weighted by Crippen LogP contribution is -2.23. The summed E-state index contributed by atoms with van der Waals surface area (Å²) in [5.74, 6) is -0.634. The van der Waals surface area contributed by atoms with Crippen LogP contribution in [-0.2, 0) is 14.8 Å². The third-order valence-corrected chi connectivity index (χ3v) is 4.63. The number of anilines is 1. The van der Waals surface area contributed by atoms with Gasteiger partial charge in [0, 0.05) is 19.8 Å². The Balaban J connectivity index is 3.22. The zero-order valence-corrected chi connectivity index (χ0v) is 12.1. The highest BCUT2D eigenvalue weighted by Gasteiger charge is 2.21. The number of nitrogens with zero attached hydrogens (tertiary/aromatic N) is 1. The van der Waals surface area contributed by atoms with Crippen LogP contribution in [0.4, 0.5) is 5.69 Å². The monoisotopic (exact) mass is 310 g/mol. The number of halogens is 2. The Labute approximate surface area is 116 Å². The number of carbonyl (C=O) groups is 1. The molecule has 1 rings (SSSR count). The molecule has 0 spiro atoms. The predicted molar refractivity (Wildman–Crippen MR) is 71.7 cm³/mol. The summed E-state index contributed by atoms with van der Waals surface area (Å²) in [7, 11) is -0.858. The first kappa shape index (κ1) is 15.2. The molecule has 1 N–H and O–H groups in total. The van der Waals surface area contributed by atoms with Crippen molar-refractivity contribution in [2.45, 2.75) is 4.90 Å². The normalized spacial score (nSPS) is 11.6. The third kappa shape index (κ3) is 3.35. The molecule has 0 bridgehead atoms. The summed E-state index contributed by atoms with van der Waals surface area (Å²) < 4.78 is 25.0.